The van der Waals surface area contributed by atoms with Gasteiger partial charge in [-0.05, 0) is 83.3 Å². The van der Waals surface area contributed by atoms with Gasteiger partial charge in [-0.25, -0.2) is 19.8 Å². The Morgan fingerprint density at radius 2 is 0.564 bits per heavy atom. The lowest BCUT2D eigenvalue weighted by Crippen LogP contribution is -2.39. The van der Waals surface area contributed by atoms with E-state index in [0.29, 0.717) is 37.1 Å². The van der Waals surface area contributed by atoms with Crippen molar-refractivity contribution in [3.63, 3.8) is 0 Å². The monoisotopic (exact) mass is 1020 g/mol. The third-order valence-electron chi connectivity index (χ3n) is 16.5. The minimum atomic E-state index is -0.706. The number of hydrogen-bond donors (Lipinski definition) is 0. The molecule has 0 spiro atoms. The summed E-state index contributed by atoms with van der Waals surface area (Å²) in [6, 6.07) is 81.2. The Morgan fingerprint density at radius 3 is 0.821 bits per heavy atom. The van der Waals surface area contributed by atoms with Gasteiger partial charge in [-0.15, -0.1) is 0 Å². The van der Waals surface area contributed by atoms with E-state index in [-0.39, 0.29) is 23.6 Å². The van der Waals surface area contributed by atoms with Crippen molar-refractivity contribution in [2.24, 2.45) is 11.8 Å². The minimum absolute atomic E-state index is 0.128. The van der Waals surface area contributed by atoms with Crippen molar-refractivity contribution in [3.05, 3.63) is 311 Å². The fraction of sp³-hybridized carbons (Fsp3) is 0.147. The normalized spacial score (nSPS) is 18.6. The average molecular weight is 1020 g/mol. The maximum Gasteiger partial charge on any atom is 0.243 e. The van der Waals surface area contributed by atoms with E-state index in [2.05, 4.69) is 155 Å². The smallest absolute Gasteiger partial charge is 0.243 e. The predicted octanol–water partition coefficient (Wildman–Crippen LogP) is 11.9. The highest BCUT2D eigenvalue weighted by atomic mass is 16.2. The van der Waals surface area contributed by atoms with Crippen molar-refractivity contribution in [2.45, 2.75) is 48.6 Å². The molecule has 78 heavy (non-hydrogen) atoms. The van der Waals surface area contributed by atoms with E-state index in [0.717, 1.165) is 56.2 Å². The van der Waals surface area contributed by atoms with Crippen LogP contribution in [0.2, 0.25) is 0 Å². The van der Waals surface area contributed by atoms with Crippen molar-refractivity contribution < 1.29 is 19.2 Å². The van der Waals surface area contributed by atoms with Crippen molar-refractivity contribution >= 4 is 35.0 Å². The first kappa shape index (κ1) is 48.1. The van der Waals surface area contributed by atoms with Crippen LogP contribution in [0.3, 0.4) is 0 Å². The summed E-state index contributed by atoms with van der Waals surface area (Å²) in [5, 5.41) is 0. The third-order valence-corrected chi connectivity index (χ3v) is 16.5. The summed E-state index contributed by atoms with van der Waals surface area (Å²) in [7, 11) is 0. The number of imide groups is 2. The van der Waals surface area contributed by atoms with E-state index < -0.39 is 34.7 Å². The maximum absolute atomic E-state index is 13.8. The summed E-state index contributed by atoms with van der Waals surface area (Å²) in [5.74, 6) is -2.58. The summed E-state index contributed by atoms with van der Waals surface area (Å²) in [6.07, 6.45) is 6.28. The maximum atomic E-state index is 13.8. The topological polar surface area (TPSA) is 110 Å². The van der Waals surface area contributed by atoms with Gasteiger partial charge < -0.3 is 9.13 Å². The standard InChI is InChI=1S/2C34H27N3O2/c2*38-32-28-21-22-29-31(30(28)33(39)37(32)27-19-11-4-12-20-27)35-23-36(29)34(24-13-5-1-6-14-24,25-15-7-2-8-16-25)26-17-9-3-10-18-26/h2*1-20,23,28,30H,21-22H2/t2*28-,30-/m10/s1. The molecule has 0 radical (unpaired) electrons. The number of carbonyl (C=O) groups excluding carboxylic acids is 4. The van der Waals surface area contributed by atoms with Crippen LogP contribution in [0.15, 0.2) is 255 Å². The number of amides is 4. The van der Waals surface area contributed by atoms with Gasteiger partial charge in [0.1, 0.15) is 11.1 Å². The van der Waals surface area contributed by atoms with Gasteiger partial charge in [0, 0.05) is 11.4 Å². The number of nitrogens with zero attached hydrogens (tertiary/aromatic N) is 6. The molecule has 0 N–H and O–H groups in total. The highest BCUT2D eigenvalue weighted by Crippen LogP contribution is 2.50. The molecule has 0 unspecified atom stereocenters. The van der Waals surface area contributed by atoms with Crippen molar-refractivity contribution in [2.75, 3.05) is 9.80 Å². The molecule has 2 fully saturated rings. The Balaban J connectivity index is 0.000000148. The zero-order chi connectivity index (χ0) is 52.8. The summed E-state index contributed by atoms with van der Waals surface area (Å²) in [6.45, 7) is 0. The predicted molar refractivity (Wildman–Crippen MR) is 301 cm³/mol. The van der Waals surface area contributed by atoms with Crippen LogP contribution >= 0.6 is 0 Å². The van der Waals surface area contributed by atoms with Crippen molar-refractivity contribution in [1.82, 2.24) is 19.1 Å². The van der Waals surface area contributed by atoms with Crippen LogP contribution in [0.25, 0.3) is 0 Å². The second-order valence-corrected chi connectivity index (χ2v) is 20.5. The molecule has 10 aromatic rings. The molecule has 14 rings (SSSR count). The molecule has 10 nitrogen and oxygen atoms in total. The van der Waals surface area contributed by atoms with E-state index in [1.807, 2.05) is 110 Å². The number of para-hydroxylation sites is 2. The summed E-state index contributed by atoms with van der Waals surface area (Å²) in [5.41, 5.74) is 9.88. The number of rotatable bonds is 10. The average Bonchev–Trinajstić information content (AvgIpc) is 4.43. The van der Waals surface area contributed by atoms with Gasteiger partial charge in [0.05, 0.1) is 59.1 Å². The SMILES string of the molecule is O=C1[C@@H]2CCc3c(ncn3C(c3ccccc3)(c3ccccc3)c3ccccc3)[C@@H]2C(=O)N1c1ccccc1.O=C1[C@H]2CCc3c(ncn3C(c3ccccc3)(c3ccccc3)c3ccccc3)[C@H]2C(=O)N1c1ccccc1. The van der Waals surface area contributed by atoms with E-state index in [4.69, 9.17) is 9.97 Å². The van der Waals surface area contributed by atoms with Crippen LogP contribution in [-0.2, 0) is 43.1 Å². The molecule has 0 saturated carbocycles. The summed E-state index contributed by atoms with van der Waals surface area (Å²) in [4.78, 5) is 67.2. The molecule has 4 heterocycles. The van der Waals surface area contributed by atoms with Crippen molar-refractivity contribution in [1.29, 1.82) is 0 Å². The summed E-state index contributed by atoms with van der Waals surface area (Å²) >= 11 is 0. The van der Waals surface area contributed by atoms with Gasteiger partial charge in [-0.3, -0.25) is 19.2 Å². The van der Waals surface area contributed by atoms with Crippen LogP contribution in [0.5, 0.6) is 0 Å². The minimum Gasteiger partial charge on any atom is -0.316 e. The molecule has 2 aliphatic heterocycles. The van der Waals surface area contributed by atoms with Crippen LogP contribution in [0.4, 0.5) is 11.4 Å². The number of imidazole rings is 2. The molecule has 2 aromatic heterocycles. The van der Waals surface area contributed by atoms with E-state index in [9.17, 15) is 19.2 Å². The van der Waals surface area contributed by atoms with E-state index in [1.165, 1.54) is 9.80 Å². The number of anilines is 2. The Bertz CT molecular complexity index is 3350. The Kier molecular flexibility index (Phi) is 12.3. The van der Waals surface area contributed by atoms with Crippen LogP contribution in [0.1, 0.15) is 80.8 Å². The fourth-order valence-electron chi connectivity index (χ4n) is 13.2. The molecule has 0 bridgehead atoms. The number of carbonyl (C=O) groups is 4. The van der Waals surface area contributed by atoms with Gasteiger partial charge in [0.2, 0.25) is 23.6 Å². The molecular formula is C68H54N6O4. The van der Waals surface area contributed by atoms with Gasteiger partial charge in [-0.1, -0.05) is 218 Å². The first-order chi connectivity index (χ1) is 38.4. The number of benzene rings is 8. The Labute approximate surface area is 452 Å². The highest BCUT2D eigenvalue weighted by molar-refractivity contribution is 6.24. The van der Waals surface area contributed by atoms with Crippen molar-refractivity contribution in [3.8, 4) is 0 Å². The third kappa shape index (κ3) is 7.53. The second kappa shape index (κ2) is 19.9. The first-order valence-corrected chi connectivity index (χ1v) is 26.7. The van der Waals surface area contributed by atoms with Gasteiger partial charge in [0.25, 0.3) is 0 Å². The molecule has 380 valence electrons. The molecule has 2 aliphatic carbocycles. The Morgan fingerprint density at radius 1 is 0.321 bits per heavy atom. The molecule has 4 aliphatic rings. The molecular weight excluding hydrogens is 965 g/mol. The fourth-order valence-corrected chi connectivity index (χ4v) is 13.2. The summed E-state index contributed by atoms with van der Waals surface area (Å²) < 4.78 is 4.50. The van der Waals surface area contributed by atoms with Gasteiger partial charge in [0.15, 0.2) is 0 Å². The molecule has 4 atom stereocenters. The lowest BCUT2D eigenvalue weighted by atomic mass is 9.75. The first-order valence-electron chi connectivity index (χ1n) is 26.7. The number of fused-ring (bicyclic) bond motifs is 6. The zero-order valence-electron chi connectivity index (χ0n) is 42.7. The quantitative estimate of drug-likeness (QED) is 0.0997. The number of hydrogen-bond acceptors (Lipinski definition) is 6. The molecule has 8 aromatic carbocycles. The largest absolute Gasteiger partial charge is 0.316 e. The van der Waals surface area contributed by atoms with E-state index in [1.54, 1.807) is 0 Å². The van der Waals surface area contributed by atoms with Crippen LogP contribution in [-0.4, -0.2) is 42.7 Å². The lowest BCUT2D eigenvalue weighted by Gasteiger charge is -2.39. The molecule has 4 amide bonds. The molecule has 2 saturated heterocycles. The van der Waals surface area contributed by atoms with E-state index >= 15 is 0 Å². The van der Waals surface area contributed by atoms with Crippen LogP contribution < -0.4 is 9.80 Å². The van der Waals surface area contributed by atoms with Gasteiger partial charge in [-0.2, -0.15) is 0 Å². The number of aromatic nitrogens is 4. The van der Waals surface area contributed by atoms with Gasteiger partial charge >= 0.3 is 0 Å². The lowest BCUT2D eigenvalue weighted by molar-refractivity contribution is -0.123. The zero-order valence-corrected chi connectivity index (χ0v) is 42.7. The highest BCUT2D eigenvalue weighted by Gasteiger charge is 2.55. The second-order valence-electron chi connectivity index (χ2n) is 20.5. The Hall–Kier alpha value is -9.54. The molecule has 10 heteroatoms. The van der Waals surface area contributed by atoms with Crippen LogP contribution in [0, 0.1) is 11.8 Å².